The first-order valence-electron chi connectivity index (χ1n) is 4.49. The quantitative estimate of drug-likeness (QED) is 0.720. The third kappa shape index (κ3) is 1.54. The number of hydrogen-bond acceptors (Lipinski definition) is 4. The first kappa shape index (κ1) is 10.3. The van der Waals surface area contributed by atoms with Gasteiger partial charge in [0.05, 0.1) is 24.4 Å². The van der Waals surface area contributed by atoms with Gasteiger partial charge in [-0.25, -0.2) is 4.39 Å². The number of aromatic amines is 1. The lowest BCUT2D eigenvalue weighted by atomic mass is 10.1. The Hall–Kier alpha value is -2.24. The van der Waals surface area contributed by atoms with Crippen LogP contribution < -0.4 is 10.5 Å². The van der Waals surface area contributed by atoms with Crippen molar-refractivity contribution in [3.05, 3.63) is 24.1 Å². The molecular formula is C10H10FN3O2. The van der Waals surface area contributed by atoms with Crippen LogP contribution in [0.15, 0.2) is 18.3 Å². The summed E-state index contributed by atoms with van der Waals surface area (Å²) in [5.41, 5.74) is 6.41. The monoisotopic (exact) mass is 223 g/mol. The molecule has 2 aromatic rings. The maximum Gasteiger partial charge on any atom is 0.133 e. The predicted molar refractivity (Wildman–Crippen MR) is 56.6 cm³/mol. The maximum absolute atomic E-state index is 13.0. The number of hydrogen-bond donors (Lipinski definition) is 3. The molecule has 0 unspecified atom stereocenters. The van der Waals surface area contributed by atoms with E-state index in [0.717, 1.165) is 6.07 Å². The highest BCUT2D eigenvalue weighted by atomic mass is 19.1. The molecular weight excluding hydrogens is 213 g/mol. The lowest BCUT2D eigenvalue weighted by molar-refractivity contribution is 0.405. The number of halogens is 1. The molecule has 1 aromatic heterocycles. The molecule has 0 saturated carbocycles. The van der Waals surface area contributed by atoms with Crippen molar-refractivity contribution in [3.8, 4) is 22.6 Å². The number of rotatable bonds is 2. The molecule has 2 rings (SSSR count). The van der Waals surface area contributed by atoms with Gasteiger partial charge >= 0.3 is 0 Å². The van der Waals surface area contributed by atoms with Crippen LogP contribution in [0.5, 0.6) is 11.5 Å². The van der Waals surface area contributed by atoms with Crippen LogP contribution in [0, 0.1) is 5.82 Å². The molecule has 0 radical (unpaired) electrons. The van der Waals surface area contributed by atoms with Crippen molar-refractivity contribution < 1.29 is 14.2 Å². The number of H-pyrrole nitrogens is 1. The fourth-order valence-corrected chi connectivity index (χ4v) is 1.50. The predicted octanol–water partition coefficient (Wildman–Crippen LogP) is 1.51. The zero-order valence-electron chi connectivity index (χ0n) is 8.49. The second-order valence-electron chi connectivity index (χ2n) is 3.20. The number of anilines is 1. The molecule has 0 atom stereocenters. The van der Waals surface area contributed by atoms with Crippen molar-refractivity contribution in [2.24, 2.45) is 0 Å². The number of ether oxygens (including phenoxy) is 1. The Morgan fingerprint density at radius 1 is 1.50 bits per heavy atom. The Morgan fingerprint density at radius 3 is 2.81 bits per heavy atom. The fourth-order valence-electron chi connectivity index (χ4n) is 1.50. The van der Waals surface area contributed by atoms with Crippen molar-refractivity contribution in [3.63, 3.8) is 0 Å². The molecule has 0 aliphatic carbocycles. The van der Waals surface area contributed by atoms with Gasteiger partial charge in [-0.15, -0.1) is 0 Å². The standard InChI is InChI=1S/C10H10FN3O2/c1-16-8-3-5(11)2-7(15)9(8)6-4-13-14-10(6)12/h2-4,15H,1H3,(H3,12,13,14). The van der Waals surface area contributed by atoms with Gasteiger partial charge in [-0.05, 0) is 0 Å². The van der Waals surface area contributed by atoms with E-state index in [1.165, 1.54) is 19.4 Å². The van der Waals surface area contributed by atoms with Crippen LogP contribution in [0.1, 0.15) is 0 Å². The van der Waals surface area contributed by atoms with Crippen LogP contribution in [0.3, 0.4) is 0 Å². The molecule has 16 heavy (non-hydrogen) atoms. The SMILES string of the molecule is COc1cc(F)cc(O)c1-c1cn[nH]c1N. The molecule has 4 N–H and O–H groups in total. The third-order valence-electron chi connectivity index (χ3n) is 2.20. The fraction of sp³-hybridized carbons (Fsp3) is 0.100. The average molecular weight is 223 g/mol. The summed E-state index contributed by atoms with van der Waals surface area (Å²) in [6.45, 7) is 0. The lowest BCUT2D eigenvalue weighted by Gasteiger charge is -2.09. The highest BCUT2D eigenvalue weighted by Crippen LogP contribution is 2.40. The molecule has 0 amide bonds. The van der Waals surface area contributed by atoms with Gasteiger partial charge in [0.1, 0.15) is 23.1 Å². The van der Waals surface area contributed by atoms with E-state index in [1.54, 1.807) is 0 Å². The number of nitrogens with zero attached hydrogens (tertiary/aromatic N) is 1. The summed E-state index contributed by atoms with van der Waals surface area (Å²) in [7, 11) is 1.38. The van der Waals surface area contributed by atoms with E-state index in [0.29, 0.717) is 11.1 Å². The van der Waals surface area contributed by atoms with Gasteiger partial charge < -0.3 is 15.6 Å². The topological polar surface area (TPSA) is 84.2 Å². The largest absolute Gasteiger partial charge is 0.507 e. The highest BCUT2D eigenvalue weighted by Gasteiger charge is 2.16. The molecule has 0 spiro atoms. The number of phenolic OH excluding ortho intramolecular Hbond substituents is 1. The Morgan fingerprint density at radius 2 is 2.25 bits per heavy atom. The van der Waals surface area contributed by atoms with Gasteiger partial charge in [0.25, 0.3) is 0 Å². The third-order valence-corrected chi connectivity index (χ3v) is 2.20. The molecule has 6 heteroatoms. The second kappa shape index (κ2) is 3.73. The second-order valence-corrected chi connectivity index (χ2v) is 3.20. The van der Waals surface area contributed by atoms with Gasteiger partial charge in [-0.3, -0.25) is 5.10 Å². The summed E-state index contributed by atoms with van der Waals surface area (Å²) in [6.07, 6.45) is 1.44. The van der Waals surface area contributed by atoms with Gasteiger partial charge in [-0.2, -0.15) is 5.10 Å². The van der Waals surface area contributed by atoms with Crippen LogP contribution in [0.2, 0.25) is 0 Å². The Kier molecular flexibility index (Phi) is 2.40. The van der Waals surface area contributed by atoms with Gasteiger partial charge in [-0.1, -0.05) is 0 Å². The minimum Gasteiger partial charge on any atom is -0.507 e. The van der Waals surface area contributed by atoms with E-state index in [1.807, 2.05) is 0 Å². The molecule has 0 aliphatic heterocycles. The molecule has 5 nitrogen and oxygen atoms in total. The summed E-state index contributed by atoms with van der Waals surface area (Å²) in [4.78, 5) is 0. The number of phenols is 1. The van der Waals surface area contributed by atoms with E-state index in [2.05, 4.69) is 10.2 Å². The summed E-state index contributed by atoms with van der Waals surface area (Å²) >= 11 is 0. The minimum absolute atomic E-state index is 0.200. The van der Waals surface area contributed by atoms with E-state index < -0.39 is 5.82 Å². The molecule has 0 aliphatic rings. The number of nitrogens with one attached hydrogen (secondary N) is 1. The Bertz CT molecular complexity index is 525. The van der Waals surface area contributed by atoms with Crippen LogP contribution in [-0.4, -0.2) is 22.4 Å². The summed E-state index contributed by atoms with van der Waals surface area (Å²) in [5.74, 6) is -0.351. The van der Waals surface area contributed by atoms with Crippen molar-refractivity contribution in [1.29, 1.82) is 0 Å². The molecule has 0 fully saturated rings. The number of nitrogen functional groups attached to an aromatic ring is 1. The number of aromatic nitrogens is 2. The van der Waals surface area contributed by atoms with Crippen LogP contribution in [0.4, 0.5) is 10.2 Å². The number of methoxy groups -OCH3 is 1. The van der Waals surface area contributed by atoms with E-state index >= 15 is 0 Å². The normalized spacial score (nSPS) is 10.4. The molecule has 1 aromatic carbocycles. The Labute approximate surface area is 90.7 Å². The minimum atomic E-state index is -0.583. The summed E-state index contributed by atoms with van der Waals surface area (Å²) in [5, 5.41) is 15.9. The zero-order chi connectivity index (χ0) is 11.7. The van der Waals surface area contributed by atoms with Crippen LogP contribution >= 0.6 is 0 Å². The smallest absolute Gasteiger partial charge is 0.133 e. The van der Waals surface area contributed by atoms with Crippen LogP contribution in [0.25, 0.3) is 11.1 Å². The average Bonchev–Trinajstić information content (AvgIpc) is 2.63. The first-order valence-corrected chi connectivity index (χ1v) is 4.49. The first-order chi connectivity index (χ1) is 7.63. The van der Waals surface area contributed by atoms with E-state index in [9.17, 15) is 9.50 Å². The number of aromatic hydroxyl groups is 1. The highest BCUT2D eigenvalue weighted by molar-refractivity contribution is 5.82. The van der Waals surface area contributed by atoms with Gasteiger partial charge in [0.2, 0.25) is 0 Å². The molecule has 0 bridgehead atoms. The van der Waals surface area contributed by atoms with Gasteiger partial charge in [0, 0.05) is 12.1 Å². The zero-order valence-corrected chi connectivity index (χ0v) is 8.49. The Balaban J connectivity index is 2.69. The van der Waals surface area contributed by atoms with Crippen molar-refractivity contribution in [2.75, 3.05) is 12.8 Å². The van der Waals surface area contributed by atoms with Crippen LogP contribution in [-0.2, 0) is 0 Å². The number of benzene rings is 1. The van der Waals surface area contributed by atoms with E-state index in [4.69, 9.17) is 10.5 Å². The summed E-state index contributed by atoms with van der Waals surface area (Å²) in [6, 6.07) is 2.16. The molecule has 84 valence electrons. The maximum atomic E-state index is 13.0. The molecule has 0 saturated heterocycles. The molecule has 1 heterocycles. The van der Waals surface area contributed by atoms with E-state index in [-0.39, 0.29) is 17.3 Å². The number of nitrogens with two attached hydrogens (primary N) is 1. The van der Waals surface area contributed by atoms with Crippen molar-refractivity contribution in [2.45, 2.75) is 0 Å². The lowest BCUT2D eigenvalue weighted by Crippen LogP contribution is -1.93. The van der Waals surface area contributed by atoms with Crippen molar-refractivity contribution >= 4 is 5.82 Å². The summed E-state index contributed by atoms with van der Waals surface area (Å²) < 4.78 is 18.0. The van der Waals surface area contributed by atoms with Gasteiger partial charge in [0.15, 0.2) is 0 Å². The van der Waals surface area contributed by atoms with Crippen molar-refractivity contribution in [1.82, 2.24) is 10.2 Å².